The summed E-state index contributed by atoms with van der Waals surface area (Å²) in [5.74, 6) is -0.189. The van der Waals surface area contributed by atoms with Crippen LogP contribution in [0.2, 0.25) is 10.0 Å². The molecule has 0 spiro atoms. The number of rotatable bonds is 4. The fourth-order valence-corrected chi connectivity index (χ4v) is 3.59. The molecule has 0 aliphatic heterocycles. The highest BCUT2D eigenvalue weighted by Crippen LogP contribution is 2.22. The number of para-hydroxylation sites is 1. The second-order valence-corrected chi connectivity index (χ2v) is 6.73. The first-order chi connectivity index (χ1) is 10.6. The number of thiazole rings is 1. The van der Waals surface area contributed by atoms with Gasteiger partial charge in [0.1, 0.15) is 0 Å². The number of aromatic nitrogens is 1. The molecule has 0 radical (unpaired) electrons. The van der Waals surface area contributed by atoms with Crippen LogP contribution in [0, 0.1) is 0 Å². The van der Waals surface area contributed by atoms with Crippen LogP contribution in [0.4, 0.5) is 0 Å². The molecular weight excluding hydrogens is 339 g/mol. The Hall–Kier alpha value is -1.62. The van der Waals surface area contributed by atoms with E-state index in [1.54, 1.807) is 29.5 Å². The highest BCUT2D eigenvalue weighted by atomic mass is 35.5. The summed E-state index contributed by atoms with van der Waals surface area (Å²) in [6.07, 6.45) is 0.694. The SMILES string of the molecule is O=C(NCCc1nc2ccccc2s1)c1cc(Cl)cc(Cl)c1. The summed E-state index contributed by atoms with van der Waals surface area (Å²) in [6.45, 7) is 0.517. The van der Waals surface area contributed by atoms with E-state index in [1.165, 1.54) is 0 Å². The maximum absolute atomic E-state index is 12.1. The molecule has 3 aromatic rings. The van der Waals surface area contributed by atoms with Gasteiger partial charge in [0, 0.05) is 28.6 Å². The van der Waals surface area contributed by atoms with E-state index in [0.29, 0.717) is 28.6 Å². The summed E-state index contributed by atoms with van der Waals surface area (Å²) in [7, 11) is 0. The summed E-state index contributed by atoms with van der Waals surface area (Å²) in [5.41, 5.74) is 1.46. The number of hydrogen-bond donors (Lipinski definition) is 1. The lowest BCUT2D eigenvalue weighted by Crippen LogP contribution is -2.25. The molecule has 0 unspecified atom stereocenters. The number of fused-ring (bicyclic) bond motifs is 1. The van der Waals surface area contributed by atoms with E-state index in [4.69, 9.17) is 23.2 Å². The third-order valence-corrected chi connectivity index (χ3v) is 4.62. The zero-order valence-corrected chi connectivity index (χ0v) is 13.8. The third kappa shape index (κ3) is 3.58. The van der Waals surface area contributed by atoms with Crippen LogP contribution in [-0.2, 0) is 6.42 Å². The van der Waals surface area contributed by atoms with Crippen LogP contribution < -0.4 is 5.32 Å². The molecule has 1 aromatic heterocycles. The monoisotopic (exact) mass is 350 g/mol. The minimum absolute atomic E-state index is 0.189. The van der Waals surface area contributed by atoms with E-state index in [-0.39, 0.29) is 5.91 Å². The Morgan fingerprint density at radius 3 is 2.59 bits per heavy atom. The molecular formula is C16H12Cl2N2OS. The van der Waals surface area contributed by atoms with Crippen molar-refractivity contribution in [2.75, 3.05) is 6.54 Å². The molecule has 0 atom stereocenters. The number of carbonyl (C=O) groups is 1. The van der Waals surface area contributed by atoms with E-state index < -0.39 is 0 Å². The lowest BCUT2D eigenvalue weighted by molar-refractivity contribution is 0.0954. The van der Waals surface area contributed by atoms with Gasteiger partial charge in [-0.1, -0.05) is 35.3 Å². The summed E-state index contributed by atoms with van der Waals surface area (Å²) < 4.78 is 1.16. The van der Waals surface area contributed by atoms with Gasteiger partial charge < -0.3 is 5.32 Å². The van der Waals surface area contributed by atoms with Crippen LogP contribution in [0.3, 0.4) is 0 Å². The molecule has 1 N–H and O–H groups in total. The van der Waals surface area contributed by atoms with Crippen LogP contribution in [0.5, 0.6) is 0 Å². The van der Waals surface area contributed by atoms with Crippen molar-refractivity contribution in [3.8, 4) is 0 Å². The quantitative estimate of drug-likeness (QED) is 0.748. The molecule has 0 aliphatic rings. The fourth-order valence-electron chi connectivity index (χ4n) is 2.10. The number of amides is 1. The first-order valence-electron chi connectivity index (χ1n) is 6.70. The molecule has 3 rings (SSSR count). The lowest BCUT2D eigenvalue weighted by Gasteiger charge is -2.05. The minimum Gasteiger partial charge on any atom is -0.352 e. The summed E-state index contributed by atoms with van der Waals surface area (Å²) in [5, 5.41) is 4.76. The van der Waals surface area contributed by atoms with Crippen molar-refractivity contribution in [1.82, 2.24) is 10.3 Å². The number of hydrogen-bond acceptors (Lipinski definition) is 3. The van der Waals surface area contributed by atoms with E-state index in [0.717, 1.165) is 15.2 Å². The molecule has 22 heavy (non-hydrogen) atoms. The standard InChI is InChI=1S/C16H12Cl2N2OS/c17-11-7-10(8-12(18)9-11)16(21)19-6-5-15-20-13-3-1-2-4-14(13)22-15/h1-4,7-9H,5-6H2,(H,19,21). The smallest absolute Gasteiger partial charge is 0.251 e. The van der Waals surface area contributed by atoms with Gasteiger partial charge in [0.2, 0.25) is 0 Å². The molecule has 0 aliphatic carbocycles. The summed E-state index contributed by atoms with van der Waals surface area (Å²) in [6, 6.07) is 12.8. The number of nitrogens with zero attached hydrogens (tertiary/aromatic N) is 1. The first-order valence-corrected chi connectivity index (χ1v) is 8.28. The maximum atomic E-state index is 12.1. The molecule has 0 saturated heterocycles. The van der Waals surface area contributed by atoms with E-state index in [9.17, 15) is 4.79 Å². The molecule has 112 valence electrons. The van der Waals surface area contributed by atoms with Gasteiger partial charge in [-0.25, -0.2) is 4.98 Å². The van der Waals surface area contributed by atoms with Crippen LogP contribution in [0.1, 0.15) is 15.4 Å². The molecule has 6 heteroatoms. The van der Waals surface area contributed by atoms with Gasteiger partial charge in [0.25, 0.3) is 5.91 Å². The Morgan fingerprint density at radius 1 is 1.14 bits per heavy atom. The van der Waals surface area contributed by atoms with Crippen molar-refractivity contribution >= 4 is 50.7 Å². The maximum Gasteiger partial charge on any atom is 0.251 e. The molecule has 3 nitrogen and oxygen atoms in total. The highest BCUT2D eigenvalue weighted by molar-refractivity contribution is 7.18. The van der Waals surface area contributed by atoms with Crippen LogP contribution in [0.15, 0.2) is 42.5 Å². The summed E-state index contributed by atoms with van der Waals surface area (Å²) >= 11 is 13.4. The van der Waals surface area contributed by atoms with Crippen molar-refractivity contribution < 1.29 is 4.79 Å². The number of nitrogens with one attached hydrogen (secondary N) is 1. The van der Waals surface area contributed by atoms with Gasteiger partial charge in [0.05, 0.1) is 15.2 Å². The second kappa shape index (κ2) is 6.65. The number of carbonyl (C=O) groups excluding carboxylic acids is 1. The zero-order valence-electron chi connectivity index (χ0n) is 11.5. The van der Waals surface area contributed by atoms with Gasteiger partial charge in [-0.05, 0) is 30.3 Å². The van der Waals surface area contributed by atoms with Gasteiger partial charge >= 0.3 is 0 Å². The lowest BCUT2D eigenvalue weighted by atomic mass is 10.2. The van der Waals surface area contributed by atoms with Gasteiger partial charge in [-0.2, -0.15) is 0 Å². The average molecular weight is 351 g/mol. The largest absolute Gasteiger partial charge is 0.352 e. The van der Waals surface area contributed by atoms with E-state index >= 15 is 0 Å². The highest BCUT2D eigenvalue weighted by Gasteiger charge is 2.08. The number of halogens is 2. The molecule has 0 fully saturated rings. The Balaban J connectivity index is 1.61. The molecule has 1 heterocycles. The Kier molecular flexibility index (Phi) is 4.62. The summed E-state index contributed by atoms with van der Waals surface area (Å²) in [4.78, 5) is 16.6. The van der Waals surface area contributed by atoms with Crippen molar-refractivity contribution in [3.63, 3.8) is 0 Å². The van der Waals surface area contributed by atoms with Gasteiger partial charge in [-0.3, -0.25) is 4.79 Å². The van der Waals surface area contributed by atoms with Crippen molar-refractivity contribution in [1.29, 1.82) is 0 Å². The van der Waals surface area contributed by atoms with Gasteiger partial charge in [-0.15, -0.1) is 11.3 Å². The van der Waals surface area contributed by atoms with Gasteiger partial charge in [0.15, 0.2) is 0 Å². The first kappa shape index (κ1) is 15.3. The predicted octanol–water partition coefficient (Wildman–Crippen LogP) is 4.58. The van der Waals surface area contributed by atoms with Crippen molar-refractivity contribution in [2.24, 2.45) is 0 Å². The Labute approximate surface area is 141 Å². The van der Waals surface area contributed by atoms with Crippen LogP contribution in [0.25, 0.3) is 10.2 Å². The number of benzene rings is 2. The van der Waals surface area contributed by atoms with Crippen molar-refractivity contribution in [2.45, 2.75) is 6.42 Å². The topological polar surface area (TPSA) is 42.0 Å². The van der Waals surface area contributed by atoms with Crippen LogP contribution in [-0.4, -0.2) is 17.4 Å². The van der Waals surface area contributed by atoms with Crippen molar-refractivity contribution in [3.05, 3.63) is 63.1 Å². The average Bonchev–Trinajstić information content (AvgIpc) is 2.88. The second-order valence-electron chi connectivity index (χ2n) is 4.74. The molecule has 1 amide bonds. The molecule has 0 saturated carbocycles. The zero-order chi connectivity index (χ0) is 15.5. The van der Waals surface area contributed by atoms with E-state index in [2.05, 4.69) is 10.3 Å². The molecule has 0 bridgehead atoms. The Bertz CT molecular complexity index is 779. The predicted molar refractivity (Wildman–Crippen MR) is 92.1 cm³/mol. The van der Waals surface area contributed by atoms with Crippen LogP contribution >= 0.6 is 34.5 Å². The van der Waals surface area contributed by atoms with E-state index in [1.807, 2.05) is 24.3 Å². The minimum atomic E-state index is -0.189. The molecule has 2 aromatic carbocycles. The third-order valence-electron chi connectivity index (χ3n) is 3.09. The normalized spacial score (nSPS) is 10.8. The fraction of sp³-hybridized carbons (Fsp3) is 0.125. The Morgan fingerprint density at radius 2 is 1.86 bits per heavy atom.